The van der Waals surface area contributed by atoms with Crippen LogP contribution in [0.5, 0.6) is 11.5 Å². The normalized spacial score (nSPS) is 14.0. The van der Waals surface area contributed by atoms with E-state index in [1.807, 2.05) is 25.1 Å². The second kappa shape index (κ2) is 7.01. The van der Waals surface area contributed by atoms with Gasteiger partial charge in [0.1, 0.15) is 19.3 Å². The lowest BCUT2D eigenvalue weighted by molar-refractivity contribution is -0.116. The minimum atomic E-state index is -0.419. The lowest BCUT2D eigenvalue weighted by Gasteiger charge is -2.20. The number of fused-ring (bicyclic) bond motifs is 1. The minimum absolute atomic E-state index is 0.150. The molecule has 1 heterocycles. The van der Waals surface area contributed by atoms with Crippen LogP contribution in [0.3, 0.4) is 0 Å². The Labute approximate surface area is 145 Å². The second-order valence-corrected chi connectivity index (χ2v) is 6.08. The molecule has 0 aliphatic carbocycles. The number of benzene rings is 2. The van der Waals surface area contributed by atoms with Gasteiger partial charge in [-0.3, -0.25) is 4.79 Å². The van der Waals surface area contributed by atoms with Gasteiger partial charge in [-0.2, -0.15) is 0 Å². The van der Waals surface area contributed by atoms with Gasteiger partial charge in [0.2, 0.25) is 5.91 Å². The molecule has 0 bridgehead atoms. The minimum Gasteiger partial charge on any atom is -0.486 e. The number of hydrogen-bond acceptors (Lipinski definition) is 4. The van der Waals surface area contributed by atoms with E-state index in [-0.39, 0.29) is 5.91 Å². The third kappa shape index (κ3) is 3.74. The highest BCUT2D eigenvalue weighted by molar-refractivity contribution is 6.31. The molecule has 1 aliphatic heterocycles. The van der Waals surface area contributed by atoms with Crippen LogP contribution in [-0.2, 0) is 4.79 Å². The first-order valence-electron chi connectivity index (χ1n) is 7.76. The molecule has 2 N–H and O–H groups in total. The maximum atomic E-state index is 12.4. The van der Waals surface area contributed by atoms with Crippen LogP contribution in [0.1, 0.15) is 12.5 Å². The van der Waals surface area contributed by atoms with Gasteiger partial charge in [-0.1, -0.05) is 17.7 Å². The van der Waals surface area contributed by atoms with Crippen LogP contribution in [0.25, 0.3) is 0 Å². The smallest absolute Gasteiger partial charge is 0.246 e. The molecule has 0 saturated heterocycles. The summed E-state index contributed by atoms with van der Waals surface area (Å²) in [6.07, 6.45) is 0. The summed E-state index contributed by atoms with van der Waals surface area (Å²) in [5.74, 6) is 1.19. The molecule has 0 saturated carbocycles. The van der Waals surface area contributed by atoms with Gasteiger partial charge < -0.3 is 20.1 Å². The van der Waals surface area contributed by atoms with E-state index in [9.17, 15) is 4.79 Å². The van der Waals surface area contributed by atoms with Crippen molar-refractivity contribution in [2.45, 2.75) is 19.9 Å². The van der Waals surface area contributed by atoms with E-state index >= 15 is 0 Å². The fourth-order valence-corrected chi connectivity index (χ4v) is 2.55. The van der Waals surface area contributed by atoms with E-state index in [2.05, 4.69) is 10.6 Å². The molecule has 0 fully saturated rings. The summed E-state index contributed by atoms with van der Waals surface area (Å²) in [7, 11) is 0. The molecule has 0 spiro atoms. The monoisotopic (exact) mass is 346 g/mol. The summed E-state index contributed by atoms with van der Waals surface area (Å²) in [5.41, 5.74) is 2.46. The molecule has 3 rings (SSSR count). The van der Waals surface area contributed by atoms with E-state index in [1.165, 1.54) is 0 Å². The Bertz CT molecular complexity index is 764. The van der Waals surface area contributed by atoms with Crippen molar-refractivity contribution in [1.29, 1.82) is 0 Å². The van der Waals surface area contributed by atoms with Gasteiger partial charge in [0.15, 0.2) is 11.5 Å². The van der Waals surface area contributed by atoms with Crippen molar-refractivity contribution in [3.63, 3.8) is 0 Å². The summed E-state index contributed by atoms with van der Waals surface area (Å²) in [6.45, 7) is 4.78. The largest absolute Gasteiger partial charge is 0.486 e. The Balaban J connectivity index is 1.64. The van der Waals surface area contributed by atoms with Crippen molar-refractivity contribution in [3.05, 3.63) is 47.0 Å². The van der Waals surface area contributed by atoms with Crippen LogP contribution in [0.4, 0.5) is 11.4 Å². The molecule has 1 aliphatic rings. The molecule has 2 aromatic carbocycles. The standard InChI is InChI=1S/C18H19ClN2O3/c1-11-3-4-13(9-15(11)19)20-12(2)18(22)21-14-5-6-16-17(10-14)24-8-7-23-16/h3-6,9-10,12,20H,7-8H2,1-2H3,(H,21,22)/t12-/m1/s1. The van der Waals surface area contributed by atoms with Crippen molar-refractivity contribution in [3.8, 4) is 11.5 Å². The van der Waals surface area contributed by atoms with Gasteiger partial charge in [0.25, 0.3) is 0 Å². The summed E-state index contributed by atoms with van der Waals surface area (Å²) in [6, 6.07) is 10.6. The van der Waals surface area contributed by atoms with E-state index in [0.717, 1.165) is 11.3 Å². The summed E-state index contributed by atoms with van der Waals surface area (Å²) in [5, 5.41) is 6.67. The van der Waals surface area contributed by atoms with Crippen LogP contribution in [0, 0.1) is 6.92 Å². The Morgan fingerprint density at radius 2 is 1.79 bits per heavy atom. The topological polar surface area (TPSA) is 59.6 Å². The highest BCUT2D eigenvalue weighted by atomic mass is 35.5. The third-order valence-electron chi connectivity index (χ3n) is 3.76. The first kappa shape index (κ1) is 16.5. The molecule has 2 aromatic rings. The fourth-order valence-electron chi connectivity index (χ4n) is 2.37. The molecule has 0 radical (unpaired) electrons. The summed E-state index contributed by atoms with van der Waals surface area (Å²) in [4.78, 5) is 12.4. The van der Waals surface area contributed by atoms with Crippen molar-refractivity contribution in [1.82, 2.24) is 0 Å². The fraction of sp³-hybridized carbons (Fsp3) is 0.278. The van der Waals surface area contributed by atoms with Gasteiger partial charge in [-0.15, -0.1) is 0 Å². The lowest BCUT2D eigenvalue weighted by atomic mass is 10.2. The molecular formula is C18H19ClN2O3. The van der Waals surface area contributed by atoms with Gasteiger partial charge in [0, 0.05) is 22.5 Å². The number of carbonyl (C=O) groups is 1. The number of carbonyl (C=O) groups excluding carboxylic acids is 1. The van der Waals surface area contributed by atoms with Crippen LogP contribution in [-0.4, -0.2) is 25.2 Å². The molecule has 5 nitrogen and oxygen atoms in total. The number of anilines is 2. The average molecular weight is 347 g/mol. The van der Waals surface area contributed by atoms with Gasteiger partial charge in [-0.25, -0.2) is 0 Å². The molecule has 0 unspecified atom stereocenters. The van der Waals surface area contributed by atoms with Crippen LogP contribution >= 0.6 is 11.6 Å². The third-order valence-corrected chi connectivity index (χ3v) is 4.17. The first-order chi connectivity index (χ1) is 11.5. The Kier molecular flexibility index (Phi) is 4.81. The molecule has 126 valence electrons. The number of aryl methyl sites for hydroxylation is 1. The zero-order chi connectivity index (χ0) is 17.1. The van der Waals surface area contributed by atoms with Crippen molar-refractivity contribution in [2.75, 3.05) is 23.8 Å². The molecule has 1 atom stereocenters. The van der Waals surface area contributed by atoms with Gasteiger partial charge in [0.05, 0.1) is 0 Å². The summed E-state index contributed by atoms with van der Waals surface area (Å²) >= 11 is 6.11. The van der Waals surface area contributed by atoms with Crippen molar-refractivity contribution < 1.29 is 14.3 Å². The quantitative estimate of drug-likeness (QED) is 0.882. The highest BCUT2D eigenvalue weighted by Crippen LogP contribution is 2.32. The molecule has 1 amide bonds. The summed E-state index contributed by atoms with van der Waals surface area (Å²) < 4.78 is 11.0. The first-order valence-corrected chi connectivity index (χ1v) is 8.14. The number of halogens is 1. The SMILES string of the molecule is Cc1ccc(N[C@H](C)C(=O)Nc2ccc3c(c2)OCCO3)cc1Cl. The Hall–Kier alpha value is -2.40. The van der Waals surface area contributed by atoms with Gasteiger partial charge in [-0.05, 0) is 43.7 Å². The van der Waals surface area contributed by atoms with Gasteiger partial charge >= 0.3 is 0 Å². The zero-order valence-electron chi connectivity index (χ0n) is 13.6. The van der Waals surface area contributed by atoms with E-state index in [0.29, 0.717) is 35.4 Å². The molecule has 0 aromatic heterocycles. The maximum Gasteiger partial charge on any atom is 0.246 e. The maximum absolute atomic E-state index is 12.4. The van der Waals surface area contributed by atoms with Crippen molar-refractivity contribution in [2.24, 2.45) is 0 Å². The molecular weight excluding hydrogens is 328 g/mol. The number of rotatable bonds is 4. The van der Waals surface area contributed by atoms with E-state index in [4.69, 9.17) is 21.1 Å². The van der Waals surface area contributed by atoms with E-state index in [1.54, 1.807) is 25.1 Å². The number of ether oxygens (including phenoxy) is 2. The lowest BCUT2D eigenvalue weighted by Crippen LogP contribution is -2.31. The number of hydrogen-bond donors (Lipinski definition) is 2. The highest BCUT2D eigenvalue weighted by Gasteiger charge is 2.16. The van der Waals surface area contributed by atoms with Crippen LogP contribution < -0.4 is 20.1 Å². The second-order valence-electron chi connectivity index (χ2n) is 5.68. The predicted molar refractivity (Wildman–Crippen MR) is 95.3 cm³/mol. The van der Waals surface area contributed by atoms with Crippen LogP contribution in [0.2, 0.25) is 5.02 Å². The molecule has 6 heteroatoms. The number of amides is 1. The average Bonchev–Trinajstić information content (AvgIpc) is 2.58. The van der Waals surface area contributed by atoms with Crippen LogP contribution in [0.15, 0.2) is 36.4 Å². The molecule has 24 heavy (non-hydrogen) atoms. The Morgan fingerprint density at radius 1 is 1.08 bits per heavy atom. The number of nitrogens with one attached hydrogen (secondary N) is 2. The van der Waals surface area contributed by atoms with Crippen molar-refractivity contribution >= 4 is 28.9 Å². The predicted octanol–water partition coefficient (Wildman–Crippen LogP) is 3.86. The van der Waals surface area contributed by atoms with E-state index < -0.39 is 6.04 Å². The zero-order valence-corrected chi connectivity index (χ0v) is 14.3. The Morgan fingerprint density at radius 3 is 2.54 bits per heavy atom.